The summed E-state index contributed by atoms with van der Waals surface area (Å²) >= 11 is 0.754. The van der Waals surface area contributed by atoms with Gasteiger partial charge < -0.3 is 4.90 Å². The maximum atomic E-state index is 12.8. The molecular weight excluding hydrogens is 412 g/mol. The third-order valence-electron chi connectivity index (χ3n) is 4.19. The van der Waals surface area contributed by atoms with Gasteiger partial charge in [-0.3, -0.25) is 25.0 Å². The summed E-state index contributed by atoms with van der Waals surface area (Å²) in [6.45, 7) is 0.0793. The lowest BCUT2D eigenvalue weighted by atomic mass is 10.3. The smallest absolute Gasteiger partial charge is 0.324 e. The van der Waals surface area contributed by atoms with Crippen molar-refractivity contribution in [1.29, 1.82) is 0 Å². The number of hydrogen-bond donors (Lipinski definition) is 0. The van der Waals surface area contributed by atoms with E-state index in [9.17, 15) is 33.4 Å². The first-order chi connectivity index (χ1) is 13.2. The maximum absolute atomic E-state index is 12.8. The SMILES string of the molecule is O=C(c1ccc([N+](=O)[O-])s1)N1CCN(S(=O)(=O)c2ccccc2[N+](=O)[O-])CC1. The van der Waals surface area contributed by atoms with Crippen LogP contribution in [0.4, 0.5) is 10.7 Å². The summed E-state index contributed by atoms with van der Waals surface area (Å²) in [7, 11) is -4.09. The Kier molecular flexibility index (Phi) is 5.40. The maximum Gasteiger partial charge on any atom is 0.324 e. The molecule has 13 heteroatoms. The van der Waals surface area contributed by atoms with Crippen molar-refractivity contribution in [2.75, 3.05) is 26.2 Å². The quantitative estimate of drug-likeness (QED) is 0.523. The summed E-state index contributed by atoms with van der Waals surface area (Å²) in [6.07, 6.45) is 0. The zero-order valence-corrected chi connectivity index (χ0v) is 15.9. The van der Waals surface area contributed by atoms with Crippen LogP contribution in [0, 0.1) is 20.2 Å². The molecule has 0 aliphatic carbocycles. The van der Waals surface area contributed by atoms with Crippen molar-refractivity contribution >= 4 is 38.0 Å². The van der Waals surface area contributed by atoms with Crippen LogP contribution in [0.2, 0.25) is 0 Å². The van der Waals surface area contributed by atoms with E-state index in [4.69, 9.17) is 0 Å². The lowest BCUT2D eigenvalue weighted by Gasteiger charge is -2.33. The Balaban J connectivity index is 1.73. The number of carbonyl (C=O) groups excluding carboxylic acids is 1. The Morgan fingerprint density at radius 3 is 2.18 bits per heavy atom. The molecule has 0 unspecified atom stereocenters. The number of thiophene rings is 1. The summed E-state index contributed by atoms with van der Waals surface area (Å²) in [4.78, 5) is 34.2. The van der Waals surface area contributed by atoms with Crippen molar-refractivity contribution in [3.8, 4) is 0 Å². The summed E-state index contributed by atoms with van der Waals surface area (Å²) in [6, 6.07) is 7.69. The molecule has 28 heavy (non-hydrogen) atoms. The number of carbonyl (C=O) groups is 1. The minimum absolute atomic E-state index is 0.0341. The van der Waals surface area contributed by atoms with Gasteiger partial charge in [-0.25, -0.2) is 8.42 Å². The van der Waals surface area contributed by atoms with Crippen LogP contribution in [0.15, 0.2) is 41.3 Å². The molecule has 148 valence electrons. The van der Waals surface area contributed by atoms with Gasteiger partial charge in [0.05, 0.1) is 14.7 Å². The fourth-order valence-electron chi connectivity index (χ4n) is 2.79. The van der Waals surface area contributed by atoms with Gasteiger partial charge in [0.1, 0.15) is 0 Å². The number of para-hydroxylation sites is 1. The molecule has 0 radical (unpaired) electrons. The highest BCUT2D eigenvalue weighted by Gasteiger charge is 2.34. The number of amides is 1. The van der Waals surface area contributed by atoms with Crippen molar-refractivity contribution in [2.45, 2.75) is 4.90 Å². The van der Waals surface area contributed by atoms with E-state index in [0.29, 0.717) is 0 Å². The second kappa shape index (κ2) is 7.61. The molecule has 0 atom stereocenters. The number of nitro benzene ring substituents is 1. The van der Waals surface area contributed by atoms with Crippen LogP contribution in [0.5, 0.6) is 0 Å². The summed E-state index contributed by atoms with van der Waals surface area (Å²) in [5, 5.41) is 21.7. The van der Waals surface area contributed by atoms with Crippen molar-refractivity contribution in [3.05, 3.63) is 61.5 Å². The molecule has 1 aromatic heterocycles. The number of nitro groups is 2. The van der Waals surface area contributed by atoms with Crippen LogP contribution in [0.3, 0.4) is 0 Å². The molecule has 1 aliphatic heterocycles. The van der Waals surface area contributed by atoms with E-state index in [1.807, 2.05) is 0 Å². The molecule has 11 nitrogen and oxygen atoms in total. The first kappa shape index (κ1) is 19.9. The third kappa shape index (κ3) is 3.72. The zero-order chi connectivity index (χ0) is 20.5. The first-order valence-electron chi connectivity index (χ1n) is 7.99. The third-order valence-corrected chi connectivity index (χ3v) is 7.16. The molecule has 0 saturated carbocycles. The molecule has 3 rings (SSSR count). The Bertz CT molecular complexity index is 1040. The monoisotopic (exact) mass is 426 g/mol. The van der Waals surface area contributed by atoms with E-state index < -0.39 is 36.4 Å². The van der Waals surface area contributed by atoms with Crippen LogP contribution >= 0.6 is 11.3 Å². The fraction of sp³-hybridized carbons (Fsp3) is 0.267. The van der Waals surface area contributed by atoms with E-state index in [2.05, 4.69) is 0 Å². The highest BCUT2D eigenvalue weighted by Crippen LogP contribution is 2.28. The Hall–Kier alpha value is -2.90. The van der Waals surface area contributed by atoms with Crippen LogP contribution in [-0.2, 0) is 10.0 Å². The van der Waals surface area contributed by atoms with Crippen molar-refractivity contribution in [2.24, 2.45) is 0 Å². The number of hydrogen-bond acceptors (Lipinski definition) is 8. The van der Waals surface area contributed by atoms with Gasteiger partial charge in [-0.05, 0) is 12.1 Å². The first-order valence-corrected chi connectivity index (χ1v) is 10.2. The molecule has 2 heterocycles. The van der Waals surface area contributed by atoms with Gasteiger partial charge in [-0.15, -0.1) is 0 Å². The van der Waals surface area contributed by atoms with Gasteiger partial charge in [-0.1, -0.05) is 23.5 Å². The summed E-state index contributed by atoms with van der Waals surface area (Å²) in [5.41, 5.74) is -0.507. The van der Waals surface area contributed by atoms with E-state index in [-0.39, 0.29) is 36.1 Å². The Morgan fingerprint density at radius 2 is 1.61 bits per heavy atom. The molecule has 1 aromatic carbocycles. The molecule has 1 amide bonds. The molecule has 0 spiro atoms. The second-order valence-electron chi connectivity index (χ2n) is 5.82. The van der Waals surface area contributed by atoms with Crippen LogP contribution in [0.1, 0.15) is 9.67 Å². The second-order valence-corrected chi connectivity index (χ2v) is 8.78. The molecular formula is C15H14N4O7S2. The Morgan fingerprint density at radius 1 is 0.964 bits per heavy atom. The number of rotatable bonds is 5. The van der Waals surface area contributed by atoms with Gasteiger partial charge in [0.15, 0.2) is 4.90 Å². The Labute approximate surface area is 163 Å². The van der Waals surface area contributed by atoms with Gasteiger partial charge in [0, 0.05) is 38.3 Å². The van der Waals surface area contributed by atoms with Crippen molar-refractivity contribution in [1.82, 2.24) is 9.21 Å². The van der Waals surface area contributed by atoms with Gasteiger partial charge in [0.2, 0.25) is 10.0 Å². The molecule has 1 saturated heterocycles. The zero-order valence-electron chi connectivity index (χ0n) is 14.3. The number of benzene rings is 1. The van der Waals surface area contributed by atoms with Crippen molar-refractivity contribution < 1.29 is 23.1 Å². The molecule has 1 aliphatic rings. The standard InChI is InChI=1S/C15H14N4O7S2/c20-15(12-5-6-14(27-12)19(23)24)16-7-9-17(10-8-16)28(25,26)13-4-2-1-3-11(13)18(21)22/h1-6H,7-10H2. The summed E-state index contributed by atoms with van der Waals surface area (Å²) in [5.74, 6) is -0.416. The summed E-state index contributed by atoms with van der Waals surface area (Å²) < 4.78 is 26.7. The van der Waals surface area contributed by atoms with E-state index in [1.165, 1.54) is 35.2 Å². The van der Waals surface area contributed by atoms with Crippen LogP contribution in [0.25, 0.3) is 0 Å². The van der Waals surface area contributed by atoms with Gasteiger partial charge >= 0.3 is 5.00 Å². The topological polar surface area (TPSA) is 144 Å². The van der Waals surface area contributed by atoms with Gasteiger partial charge in [-0.2, -0.15) is 4.31 Å². The number of sulfonamides is 1. The number of nitrogens with zero attached hydrogens (tertiary/aromatic N) is 4. The number of piperazine rings is 1. The average Bonchev–Trinajstić information content (AvgIpc) is 3.18. The predicted octanol–water partition coefficient (Wildman–Crippen LogP) is 1.71. The highest BCUT2D eigenvalue weighted by atomic mass is 32.2. The van der Waals surface area contributed by atoms with E-state index in [0.717, 1.165) is 21.7 Å². The minimum Gasteiger partial charge on any atom is -0.335 e. The van der Waals surface area contributed by atoms with Gasteiger partial charge in [0.25, 0.3) is 11.6 Å². The average molecular weight is 426 g/mol. The lowest BCUT2D eigenvalue weighted by Crippen LogP contribution is -2.50. The molecule has 2 aromatic rings. The highest BCUT2D eigenvalue weighted by molar-refractivity contribution is 7.89. The molecule has 1 fully saturated rings. The lowest BCUT2D eigenvalue weighted by molar-refractivity contribution is -0.387. The van der Waals surface area contributed by atoms with Crippen LogP contribution in [-0.4, -0.2) is 59.6 Å². The normalized spacial score (nSPS) is 15.4. The van der Waals surface area contributed by atoms with E-state index >= 15 is 0 Å². The van der Waals surface area contributed by atoms with Crippen molar-refractivity contribution in [3.63, 3.8) is 0 Å². The fourth-order valence-corrected chi connectivity index (χ4v) is 5.16. The molecule has 0 N–H and O–H groups in total. The largest absolute Gasteiger partial charge is 0.335 e. The molecule has 0 bridgehead atoms. The van der Waals surface area contributed by atoms with E-state index in [1.54, 1.807) is 0 Å². The van der Waals surface area contributed by atoms with Crippen LogP contribution < -0.4 is 0 Å². The minimum atomic E-state index is -4.09. The predicted molar refractivity (Wildman–Crippen MR) is 98.7 cm³/mol.